The predicted molar refractivity (Wildman–Crippen MR) is 138 cm³/mol. The van der Waals surface area contributed by atoms with Crippen molar-refractivity contribution in [3.63, 3.8) is 0 Å². The minimum absolute atomic E-state index is 0.274. The minimum atomic E-state index is -1.73. The largest absolute Gasteiger partial charge is 0.465 e. The second kappa shape index (κ2) is 10.8. The molecule has 4 atom stereocenters. The number of nitrogens with one attached hydrogen (secondary N) is 2. The number of hydrogen-bond acceptors (Lipinski definition) is 6. The van der Waals surface area contributed by atoms with E-state index in [1.54, 1.807) is 72.8 Å². The number of para-hydroxylation sites is 2. The molecule has 1 aliphatic rings. The van der Waals surface area contributed by atoms with Crippen LogP contribution in [-0.2, 0) is 19.1 Å². The van der Waals surface area contributed by atoms with Crippen LogP contribution in [0.3, 0.4) is 0 Å². The predicted octanol–water partition coefficient (Wildman–Crippen LogP) is 3.79. The maximum absolute atomic E-state index is 13.6. The molecule has 0 saturated heterocycles. The summed E-state index contributed by atoms with van der Waals surface area (Å²) in [6.45, 7) is 1.43. The Morgan fingerprint density at radius 3 is 1.86 bits per heavy atom. The molecule has 0 heterocycles. The van der Waals surface area contributed by atoms with Crippen molar-refractivity contribution < 1.29 is 29.0 Å². The SMILES string of the molecule is COC(=O)c1ccc(C2C(C(=O)Nc3ccccc3)C(=O)CC(C)(O)C2C(=O)Nc2ccccc2)cc1. The summed E-state index contributed by atoms with van der Waals surface area (Å²) >= 11 is 0. The van der Waals surface area contributed by atoms with Gasteiger partial charge in [-0.15, -0.1) is 0 Å². The summed E-state index contributed by atoms with van der Waals surface area (Å²) in [7, 11) is 1.27. The fourth-order valence-corrected chi connectivity index (χ4v) is 4.93. The van der Waals surface area contributed by atoms with Gasteiger partial charge in [0.15, 0.2) is 0 Å². The fraction of sp³-hybridized carbons (Fsp3) is 0.241. The van der Waals surface area contributed by atoms with Gasteiger partial charge in [0.05, 0.1) is 24.2 Å². The highest BCUT2D eigenvalue weighted by Gasteiger charge is 2.55. The molecule has 2 amide bonds. The molecule has 4 rings (SSSR count). The van der Waals surface area contributed by atoms with Crippen molar-refractivity contribution in [2.24, 2.45) is 11.8 Å². The average molecular weight is 501 g/mol. The van der Waals surface area contributed by atoms with E-state index in [0.717, 1.165) is 0 Å². The van der Waals surface area contributed by atoms with Crippen LogP contribution in [0.2, 0.25) is 0 Å². The number of amides is 2. The lowest BCUT2D eigenvalue weighted by molar-refractivity contribution is -0.150. The molecule has 0 aromatic heterocycles. The molecule has 0 aliphatic heterocycles. The van der Waals surface area contributed by atoms with Crippen LogP contribution < -0.4 is 10.6 Å². The summed E-state index contributed by atoms with van der Waals surface area (Å²) in [6, 6.07) is 23.6. The molecular formula is C29H28N2O6. The van der Waals surface area contributed by atoms with Crippen molar-refractivity contribution in [2.75, 3.05) is 17.7 Å². The first-order valence-corrected chi connectivity index (χ1v) is 11.9. The van der Waals surface area contributed by atoms with Crippen LogP contribution in [-0.4, -0.2) is 41.4 Å². The third-order valence-corrected chi connectivity index (χ3v) is 6.63. The molecule has 3 aromatic carbocycles. The fourth-order valence-electron chi connectivity index (χ4n) is 4.93. The maximum Gasteiger partial charge on any atom is 0.337 e. The summed E-state index contributed by atoms with van der Waals surface area (Å²) < 4.78 is 4.76. The standard InChI is InChI=1S/C29H28N2O6/c1-29(36)17-22(32)24(26(33)30-20-9-5-3-6-10-20)23(18-13-15-19(16-14-18)28(35)37-2)25(29)27(34)31-21-11-7-4-8-12-21/h3-16,23-25,36H,17H2,1-2H3,(H,30,33)(H,31,34). The molecule has 8 nitrogen and oxygen atoms in total. The Hall–Kier alpha value is -4.30. The lowest BCUT2D eigenvalue weighted by Crippen LogP contribution is -2.56. The van der Waals surface area contributed by atoms with Gasteiger partial charge >= 0.3 is 5.97 Å². The summed E-state index contributed by atoms with van der Waals surface area (Å²) in [6.07, 6.45) is -0.372. The van der Waals surface area contributed by atoms with E-state index in [9.17, 15) is 24.3 Å². The topological polar surface area (TPSA) is 122 Å². The van der Waals surface area contributed by atoms with Gasteiger partial charge in [0.25, 0.3) is 0 Å². The number of ether oxygens (including phenoxy) is 1. The van der Waals surface area contributed by atoms with Gasteiger partial charge in [-0.2, -0.15) is 0 Å². The molecule has 1 fully saturated rings. The van der Waals surface area contributed by atoms with E-state index in [2.05, 4.69) is 10.6 Å². The van der Waals surface area contributed by atoms with Crippen LogP contribution in [0.4, 0.5) is 11.4 Å². The summed E-state index contributed by atoms with van der Waals surface area (Å²) in [4.78, 5) is 52.4. The Morgan fingerprint density at radius 2 is 1.35 bits per heavy atom. The summed E-state index contributed by atoms with van der Waals surface area (Å²) in [5, 5.41) is 17.0. The highest BCUT2D eigenvalue weighted by atomic mass is 16.5. The maximum atomic E-state index is 13.6. The molecule has 190 valence electrons. The number of hydrogen-bond donors (Lipinski definition) is 3. The van der Waals surface area contributed by atoms with E-state index >= 15 is 0 Å². The number of benzene rings is 3. The van der Waals surface area contributed by atoms with Crippen LogP contribution in [0.5, 0.6) is 0 Å². The van der Waals surface area contributed by atoms with Crippen molar-refractivity contribution in [3.8, 4) is 0 Å². The van der Waals surface area contributed by atoms with E-state index in [0.29, 0.717) is 16.9 Å². The molecule has 0 spiro atoms. The van der Waals surface area contributed by atoms with Crippen LogP contribution in [0.25, 0.3) is 0 Å². The minimum Gasteiger partial charge on any atom is -0.465 e. The third kappa shape index (κ3) is 5.59. The molecule has 37 heavy (non-hydrogen) atoms. The second-order valence-electron chi connectivity index (χ2n) is 9.31. The second-order valence-corrected chi connectivity index (χ2v) is 9.31. The average Bonchev–Trinajstić information content (AvgIpc) is 2.88. The Bertz CT molecular complexity index is 1290. The number of Topliss-reactive ketones (excluding diaryl/α,β-unsaturated/α-hetero) is 1. The zero-order valence-electron chi connectivity index (χ0n) is 20.5. The molecule has 1 saturated carbocycles. The van der Waals surface area contributed by atoms with Gasteiger partial charge in [-0.05, 0) is 48.9 Å². The number of esters is 1. The van der Waals surface area contributed by atoms with Gasteiger partial charge < -0.3 is 20.5 Å². The van der Waals surface area contributed by atoms with Crippen molar-refractivity contribution in [2.45, 2.75) is 24.9 Å². The number of anilines is 2. The Kier molecular flexibility index (Phi) is 7.50. The summed E-state index contributed by atoms with van der Waals surface area (Å²) in [5.74, 6) is -5.54. The van der Waals surface area contributed by atoms with Gasteiger partial charge in [-0.3, -0.25) is 14.4 Å². The lowest BCUT2D eigenvalue weighted by Gasteiger charge is -2.44. The van der Waals surface area contributed by atoms with Crippen molar-refractivity contribution in [3.05, 3.63) is 96.1 Å². The summed E-state index contributed by atoms with van der Waals surface area (Å²) in [5.41, 5.74) is 0.0247. The molecular weight excluding hydrogens is 472 g/mol. The molecule has 0 bridgehead atoms. The van der Waals surface area contributed by atoms with Gasteiger partial charge in [-0.25, -0.2) is 4.79 Å². The lowest BCUT2D eigenvalue weighted by atomic mass is 9.61. The van der Waals surface area contributed by atoms with E-state index in [4.69, 9.17) is 4.74 Å². The quantitative estimate of drug-likeness (QED) is 0.350. The first kappa shape index (κ1) is 25.8. The van der Waals surface area contributed by atoms with Crippen molar-refractivity contribution in [1.29, 1.82) is 0 Å². The highest BCUT2D eigenvalue weighted by molar-refractivity contribution is 6.10. The number of methoxy groups -OCH3 is 1. The number of carbonyl (C=O) groups is 4. The van der Waals surface area contributed by atoms with E-state index in [1.165, 1.54) is 26.2 Å². The molecule has 3 N–H and O–H groups in total. The van der Waals surface area contributed by atoms with Crippen LogP contribution in [0.1, 0.15) is 35.2 Å². The highest BCUT2D eigenvalue weighted by Crippen LogP contribution is 2.46. The van der Waals surface area contributed by atoms with Gasteiger partial charge in [0.1, 0.15) is 11.7 Å². The third-order valence-electron chi connectivity index (χ3n) is 6.63. The molecule has 0 radical (unpaired) electrons. The van der Waals surface area contributed by atoms with Crippen LogP contribution in [0.15, 0.2) is 84.9 Å². The molecule has 8 heteroatoms. The first-order valence-electron chi connectivity index (χ1n) is 11.9. The molecule has 3 aromatic rings. The Balaban J connectivity index is 1.78. The zero-order chi connectivity index (χ0) is 26.6. The smallest absolute Gasteiger partial charge is 0.337 e. The number of carbonyl (C=O) groups excluding carboxylic acids is 4. The van der Waals surface area contributed by atoms with E-state index in [-0.39, 0.29) is 12.0 Å². The molecule has 1 aliphatic carbocycles. The van der Waals surface area contributed by atoms with Crippen LogP contribution in [0, 0.1) is 11.8 Å². The van der Waals surface area contributed by atoms with Crippen LogP contribution >= 0.6 is 0 Å². The van der Waals surface area contributed by atoms with Gasteiger partial charge in [0, 0.05) is 23.7 Å². The van der Waals surface area contributed by atoms with Gasteiger partial charge in [0.2, 0.25) is 11.8 Å². The van der Waals surface area contributed by atoms with E-state index in [1.807, 2.05) is 0 Å². The normalized spacial score (nSPS) is 23.1. The molecule has 4 unspecified atom stereocenters. The Labute approximate surface area is 214 Å². The monoisotopic (exact) mass is 500 g/mol. The number of ketones is 1. The van der Waals surface area contributed by atoms with Crippen molar-refractivity contribution in [1.82, 2.24) is 0 Å². The first-order chi connectivity index (χ1) is 17.7. The number of rotatable bonds is 6. The Morgan fingerprint density at radius 1 is 0.838 bits per heavy atom. The number of aliphatic hydroxyl groups is 1. The zero-order valence-corrected chi connectivity index (χ0v) is 20.5. The van der Waals surface area contributed by atoms with Gasteiger partial charge in [-0.1, -0.05) is 48.5 Å². The van der Waals surface area contributed by atoms with Crippen molar-refractivity contribution >= 4 is 34.9 Å². The van der Waals surface area contributed by atoms with E-state index < -0.39 is 46.9 Å².